The van der Waals surface area contributed by atoms with Crippen molar-refractivity contribution in [2.24, 2.45) is 0 Å². The Hall–Kier alpha value is -2.61. The van der Waals surface area contributed by atoms with E-state index < -0.39 is 10.8 Å². The Balaban J connectivity index is 1.95. The van der Waals surface area contributed by atoms with Crippen LogP contribution in [0.1, 0.15) is 0 Å². The number of aromatic nitrogens is 2. The van der Waals surface area contributed by atoms with E-state index in [2.05, 4.69) is 14.2 Å². The van der Waals surface area contributed by atoms with E-state index >= 15 is 0 Å². The van der Waals surface area contributed by atoms with Gasteiger partial charge >= 0.3 is 0 Å². The molecule has 0 fully saturated rings. The Bertz CT molecular complexity index is 1140. The topological polar surface area (TPSA) is 64.1 Å². The molecule has 5 nitrogen and oxygen atoms in total. The maximum Gasteiger partial charge on any atom is 0.113 e. The van der Waals surface area contributed by atoms with Gasteiger partial charge in [-0.05, 0) is 12.1 Å². The summed E-state index contributed by atoms with van der Waals surface area (Å²) in [6.07, 6.45) is 1.69. The summed E-state index contributed by atoms with van der Waals surface area (Å²) in [5.41, 5.74) is 9.21. The summed E-state index contributed by atoms with van der Waals surface area (Å²) in [5, 5.41) is 0. The standard InChI is InChI=1S/C20H17N3O2S2/c1-25-21-17-9-5-3-7-13(17)15-11-12-16(20-19(15)22-26-23-20)14-8-4-6-10-18(14)27(2)24/h3-12,21H,1-2H3. The molecular weight excluding hydrogens is 378 g/mol. The van der Waals surface area contributed by atoms with Gasteiger partial charge in [-0.2, -0.15) is 8.75 Å². The van der Waals surface area contributed by atoms with Gasteiger partial charge in [-0.3, -0.25) is 14.5 Å². The van der Waals surface area contributed by atoms with Crippen LogP contribution in [-0.4, -0.2) is 26.3 Å². The summed E-state index contributed by atoms with van der Waals surface area (Å²) in [4.78, 5) is 5.89. The SMILES string of the molecule is CONc1ccccc1-c1ccc(-c2ccccc2S(C)=O)c2nsnc12. The number of rotatable bonds is 5. The molecule has 1 atom stereocenters. The highest BCUT2D eigenvalue weighted by molar-refractivity contribution is 7.84. The molecule has 1 unspecified atom stereocenters. The first-order chi connectivity index (χ1) is 13.2. The molecule has 1 aromatic heterocycles. The van der Waals surface area contributed by atoms with Crippen LogP contribution < -0.4 is 5.48 Å². The second kappa shape index (κ2) is 7.56. The van der Waals surface area contributed by atoms with E-state index in [1.165, 1.54) is 11.7 Å². The number of benzene rings is 3. The molecule has 0 saturated carbocycles. The van der Waals surface area contributed by atoms with Gasteiger partial charge in [0.2, 0.25) is 0 Å². The lowest BCUT2D eigenvalue weighted by molar-refractivity contribution is 0.271. The number of para-hydroxylation sites is 1. The average molecular weight is 396 g/mol. The zero-order chi connectivity index (χ0) is 18.8. The Kier molecular flexibility index (Phi) is 4.98. The van der Waals surface area contributed by atoms with Crippen LogP contribution >= 0.6 is 11.7 Å². The summed E-state index contributed by atoms with van der Waals surface area (Å²) >= 11 is 1.18. The predicted molar refractivity (Wildman–Crippen MR) is 111 cm³/mol. The highest BCUT2D eigenvalue weighted by Gasteiger charge is 2.17. The normalized spacial score (nSPS) is 12.2. The molecule has 4 rings (SSSR count). The number of hydrogen-bond donors (Lipinski definition) is 1. The molecule has 136 valence electrons. The van der Waals surface area contributed by atoms with Crippen LogP contribution in [0.2, 0.25) is 0 Å². The first-order valence-corrected chi connectivity index (χ1v) is 10.6. The minimum atomic E-state index is -1.09. The molecule has 3 aromatic carbocycles. The van der Waals surface area contributed by atoms with Crippen molar-refractivity contribution in [1.82, 2.24) is 8.75 Å². The third-order valence-corrected chi connectivity index (χ3v) is 5.84. The van der Waals surface area contributed by atoms with Crippen molar-refractivity contribution in [1.29, 1.82) is 0 Å². The number of nitrogens with zero attached hydrogens (tertiary/aromatic N) is 2. The molecule has 7 heteroatoms. The molecule has 0 radical (unpaired) electrons. The smallest absolute Gasteiger partial charge is 0.113 e. The maximum absolute atomic E-state index is 12.2. The molecule has 1 N–H and O–H groups in total. The van der Waals surface area contributed by atoms with Crippen molar-refractivity contribution in [3.63, 3.8) is 0 Å². The van der Waals surface area contributed by atoms with Crippen molar-refractivity contribution in [2.45, 2.75) is 4.90 Å². The Labute approximate surface area is 163 Å². The molecule has 0 aliphatic heterocycles. The summed E-state index contributed by atoms with van der Waals surface area (Å²) < 4.78 is 21.3. The van der Waals surface area contributed by atoms with Crippen molar-refractivity contribution in [3.05, 3.63) is 60.7 Å². The molecule has 0 spiro atoms. The van der Waals surface area contributed by atoms with Gasteiger partial charge in [0.1, 0.15) is 11.0 Å². The molecule has 0 saturated heterocycles. The maximum atomic E-state index is 12.2. The summed E-state index contributed by atoms with van der Waals surface area (Å²) in [7, 11) is 0.494. The molecule has 4 aromatic rings. The molecule has 0 bridgehead atoms. The van der Waals surface area contributed by atoms with Gasteiger partial charge < -0.3 is 0 Å². The number of anilines is 1. The van der Waals surface area contributed by atoms with Crippen molar-refractivity contribution in [3.8, 4) is 22.3 Å². The van der Waals surface area contributed by atoms with E-state index in [9.17, 15) is 4.21 Å². The second-order valence-electron chi connectivity index (χ2n) is 5.92. The van der Waals surface area contributed by atoms with Crippen LogP contribution in [-0.2, 0) is 15.6 Å². The number of nitrogens with one attached hydrogen (secondary N) is 1. The van der Waals surface area contributed by atoms with Crippen LogP contribution in [0.5, 0.6) is 0 Å². The second-order valence-corrected chi connectivity index (χ2v) is 7.80. The fraction of sp³-hybridized carbons (Fsp3) is 0.100. The fourth-order valence-electron chi connectivity index (χ4n) is 3.16. The van der Waals surface area contributed by atoms with E-state index in [0.717, 1.165) is 43.9 Å². The van der Waals surface area contributed by atoms with Crippen molar-refractivity contribution in [2.75, 3.05) is 18.8 Å². The van der Waals surface area contributed by atoms with E-state index in [1.54, 1.807) is 13.4 Å². The predicted octanol–water partition coefficient (Wildman–Crippen LogP) is 4.74. The lowest BCUT2D eigenvalue weighted by Crippen LogP contribution is -1.98. The fourth-order valence-corrected chi connectivity index (χ4v) is 4.49. The monoisotopic (exact) mass is 395 g/mol. The van der Waals surface area contributed by atoms with E-state index in [4.69, 9.17) is 4.84 Å². The summed E-state index contributed by atoms with van der Waals surface area (Å²) in [5.74, 6) is 0. The minimum Gasteiger partial charge on any atom is -0.279 e. The molecular formula is C20H17N3O2S2. The first kappa shape index (κ1) is 17.8. The molecule has 0 amide bonds. The van der Waals surface area contributed by atoms with Crippen molar-refractivity contribution < 1.29 is 9.05 Å². The molecule has 0 aliphatic carbocycles. The van der Waals surface area contributed by atoms with E-state index in [0.29, 0.717) is 0 Å². The third-order valence-electron chi connectivity index (χ3n) is 4.33. The highest BCUT2D eigenvalue weighted by atomic mass is 32.2. The van der Waals surface area contributed by atoms with Gasteiger partial charge in [0.05, 0.1) is 35.3 Å². The zero-order valence-corrected chi connectivity index (χ0v) is 16.4. The van der Waals surface area contributed by atoms with Crippen LogP contribution in [0.4, 0.5) is 5.69 Å². The van der Waals surface area contributed by atoms with Gasteiger partial charge in [0, 0.05) is 33.4 Å². The zero-order valence-electron chi connectivity index (χ0n) is 14.8. The van der Waals surface area contributed by atoms with Crippen LogP contribution in [0.3, 0.4) is 0 Å². The van der Waals surface area contributed by atoms with Gasteiger partial charge in [-0.25, -0.2) is 0 Å². The minimum absolute atomic E-state index is 0.793. The number of hydrogen-bond acceptors (Lipinski definition) is 6. The van der Waals surface area contributed by atoms with Crippen LogP contribution in [0.15, 0.2) is 65.6 Å². The van der Waals surface area contributed by atoms with E-state index in [1.807, 2.05) is 60.7 Å². The first-order valence-electron chi connectivity index (χ1n) is 8.27. The quantitative estimate of drug-likeness (QED) is 0.495. The largest absolute Gasteiger partial charge is 0.279 e. The highest BCUT2D eigenvalue weighted by Crippen LogP contribution is 2.38. The van der Waals surface area contributed by atoms with E-state index in [-0.39, 0.29) is 0 Å². The van der Waals surface area contributed by atoms with Crippen LogP contribution in [0, 0.1) is 0 Å². The molecule has 1 heterocycles. The molecule has 27 heavy (non-hydrogen) atoms. The van der Waals surface area contributed by atoms with Gasteiger partial charge in [-0.15, -0.1) is 0 Å². The van der Waals surface area contributed by atoms with Crippen molar-refractivity contribution >= 4 is 39.2 Å². The van der Waals surface area contributed by atoms with Gasteiger partial charge in [0.15, 0.2) is 0 Å². The lowest BCUT2D eigenvalue weighted by Gasteiger charge is -2.13. The third kappa shape index (κ3) is 3.25. The number of fused-ring (bicyclic) bond motifs is 1. The van der Waals surface area contributed by atoms with Crippen LogP contribution in [0.25, 0.3) is 33.3 Å². The Morgan fingerprint density at radius 3 is 2.11 bits per heavy atom. The average Bonchev–Trinajstić information content (AvgIpc) is 3.18. The summed E-state index contributed by atoms with van der Waals surface area (Å²) in [6.45, 7) is 0. The summed E-state index contributed by atoms with van der Waals surface area (Å²) in [6, 6.07) is 19.7. The molecule has 0 aliphatic rings. The Morgan fingerprint density at radius 2 is 1.44 bits per heavy atom. The van der Waals surface area contributed by atoms with Gasteiger partial charge in [0.25, 0.3) is 0 Å². The lowest BCUT2D eigenvalue weighted by atomic mass is 9.97. The van der Waals surface area contributed by atoms with Gasteiger partial charge in [-0.1, -0.05) is 48.5 Å². The Morgan fingerprint density at radius 1 is 0.852 bits per heavy atom.